The Labute approximate surface area is 153 Å². The van der Waals surface area contributed by atoms with Gasteiger partial charge in [-0.2, -0.15) is 0 Å². The number of aromatic nitrogens is 1. The van der Waals surface area contributed by atoms with E-state index in [9.17, 15) is 8.42 Å². The fraction of sp³-hybridized carbons (Fsp3) is 0.300. The molecular weight excluding hydrogens is 348 g/mol. The smallest absolute Gasteiger partial charge is 0.240 e. The molecule has 6 heteroatoms. The highest BCUT2D eigenvalue weighted by molar-refractivity contribution is 7.89. The number of benzene rings is 2. The van der Waals surface area contributed by atoms with E-state index in [1.165, 1.54) is 22.2 Å². The number of H-pyrrole nitrogens is 1. The van der Waals surface area contributed by atoms with E-state index in [0.717, 1.165) is 18.4 Å². The average Bonchev–Trinajstić information content (AvgIpc) is 2.99. The van der Waals surface area contributed by atoms with Gasteiger partial charge in [0.15, 0.2) is 0 Å². The summed E-state index contributed by atoms with van der Waals surface area (Å²) >= 11 is 0. The van der Waals surface area contributed by atoms with E-state index < -0.39 is 10.0 Å². The molecule has 1 heterocycles. The highest BCUT2D eigenvalue weighted by atomic mass is 32.2. The van der Waals surface area contributed by atoms with Gasteiger partial charge in [0.2, 0.25) is 10.0 Å². The summed E-state index contributed by atoms with van der Waals surface area (Å²) in [4.78, 5) is 3.74. The van der Waals surface area contributed by atoms with Crippen LogP contribution in [0.3, 0.4) is 0 Å². The zero-order valence-electron chi connectivity index (χ0n) is 14.9. The highest BCUT2D eigenvalue weighted by Crippen LogP contribution is 2.30. The molecule has 1 unspecified atom stereocenters. The van der Waals surface area contributed by atoms with Crippen molar-refractivity contribution in [2.24, 2.45) is 0 Å². The van der Waals surface area contributed by atoms with Crippen molar-refractivity contribution in [3.63, 3.8) is 0 Å². The molecule has 0 spiro atoms. The zero-order valence-corrected chi connectivity index (χ0v) is 15.7. The Kier molecular flexibility index (Phi) is 4.25. The van der Waals surface area contributed by atoms with E-state index in [1.807, 2.05) is 0 Å². The summed E-state index contributed by atoms with van der Waals surface area (Å²) in [5, 5.41) is 1.20. The van der Waals surface area contributed by atoms with Crippen molar-refractivity contribution in [2.45, 2.75) is 37.1 Å². The fourth-order valence-corrected chi connectivity index (χ4v) is 4.94. The molecule has 0 aliphatic heterocycles. The van der Waals surface area contributed by atoms with Gasteiger partial charge in [0.1, 0.15) is 5.75 Å². The van der Waals surface area contributed by atoms with Gasteiger partial charge in [-0.3, -0.25) is 0 Å². The molecule has 4 rings (SSSR count). The van der Waals surface area contributed by atoms with Crippen LogP contribution in [0.5, 0.6) is 5.75 Å². The van der Waals surface area contributed by atoms with Crippen molar-refractivity contribution < 1.29 is 13.2 Å². The minimum atomic E-state index is -3.55. The second-order valence-corrected chi connectivity index (χ2v) is 8.58. The summed E-state index contributed by atoms with van der Waals surface area (Å²) < 4.78 is 33.4. The van der Waals surface area contributed by atoms with Gasteiger partial charge >= 0.3 is 0 Å². The molecule has 2 aromatic carbocycles. The number of aromatic amines is 1. The maximum atomic E-state index is 12.7. The lowest BCUT2D eigenvalue weighted by atomic mass is 9.92. The molecule has 1 aromatic heterocycles. The summed E-state index contributed by atoms with van der Waals surface area (Å²) in [6.07, 6.45) is 2.33. The van der Waals surface area contributed by atoms with E-state index in [-0.39, 0.29) is 10.9 Å². The van der Waals surface area contributed by atoms with E-state index in [4.69, 9.17) is 4.74 Å². The van der Waals surface area contributed by atoms with Crippen molar-refractivity contribution >= 4 is 20.9 Å². The first-order chi connectivity index (χ1) is 12.5. The molecule has 0 fully saturated rings. The minimum absolute atomic E-state index is 0.103. The van der Waals surface area contributed by atoms with E-state index >= 15 is 0 Å². The minimum Gasteiger partial charge on any atom is -0.497 e. The first kappa shape index (κ1) is 17.1. The molecule has 0 radical (unpaired) electrons. The maximum Gasteiger partial charge on any atom is 0.240 e. The SMILES string of the molecule is COc1ccc(S(=O)(=O)NC2CCc3[nH]c4ccc(C)cc4c3C2)cc1. The van der Waals surface area contributed by atoms with Gasteiger partial charge in [0, 0.05) is 22.6 Å². The van der Waals surface area contributed by atoms with Crippen LogP contribution >= 0.6 is 0 Å². The molecule has 0 saturated carbocycles. The number of aryl methyl sites for hydroxylation is 2. The summed E-state index contributed by atoms with van der Waals surface area (Å²) in [5.74, 6) is 0.639. The van der Waals surface area contributed by atoms with E-state index in [1.54, 1.807) is 31.4 Å². The Morgan fingerprint density at radius 2 is 1.92 bits per heavy atom. The topological polar surface area (TPSA) is 71.2 Å². The molecule has 26 heavy (non-hydrogen) atoms. The van der Waals surface area contributed by atoms with Gasteiger partial charge in [-0.25, -0.2) is 13.1 Å². The Bertz CT molecular complexity index is 1050. The van der Waals surface area contributed by atoms with E-state index in [2.05, 4.69) is 34.8 Å². The van der Waals surface area contributed by atoms with Gasteiger partial charge < -0.3 is 9.72 Å². The first-order valence-electron chi connectivity index (χ1n) is 8.73. The third kappa shape index (κ3) is 3.10. The summed E-state index contributed by atoms with van der Waals surface area (Å²) in [7, 11) is -1.99. The van der Waals surface area contributed by atoms with Gasteiger partial charge in [-0.05, 0) is 68.1 Å². The number of fused-ring (bicyclic) bond motifs is 3. The number of nitrogens with one attached hydrogen (secondary N) is 2. The van der Waals surface area contributed by atoms with Gasteiger partial charge in [-0.15, -0.1) is 0 Å². The van der Waals surface area contributed by atoms with Crippen LogP contribution in [-0.4, -0.2) is 26.6 Å². The quantitative estimate of drug-likeness (QED) is 0.740. The van der Waals surface area contributed by atoms with Crippen LogP contribution < -0.4 is 9.46 Å². The van der Waals surface area contributed by atoms with Crippen molar-refractivity contribution in [2.75, 3.05) is 7.11 Å². The number of hydrogen-bond donors (Lipinski definition) is 2. The molecule has 2 N–H and O–H groups in total. The van der Waals surface area contributed by atoms with Crippen LogP contribution in [0.25, 0.3) is 10.9 Å². The maximum absolute atomic E-state index is 12.7. The van der Waals surface area contributed by atoms with Crippen LogP contribution in [0.2, 0.25) is 0 Å². The summed E-state index contributed by atoms with van der Waals surface area (Å²) in [5.41, 5.74) is 4.79. The number of hydrogen-bond acceptors (Lipinski definition) is 3. The van der Waals surface area contributed by atoms with Crippen LogP contribution in [0, 0.1) is 6.92 Å². The molecular formula is C20H22N2O3S. The predicted molar refractivity (Wildman–Crippen MR) is 102 cm³/mol. The molecule has 0 amide bonds. The molecule has 1 atom stereocenters. The van der Waals surface area contributed by atoms with Crippen molar-refractivity contribution in [1.82, 2.24) is 9.71 Å². The molecule has 1 aliphatic rings. The van der Waals surface area contributed by atoms with Crippen LogP contribution in [-0.2, 0) is 22.9 Å². The Hall–Kier alpha value is -2.31. The average molecular weight is 370 g/mol. The second kappa shape index (κ2) is 6.45. The van der Waals surface area contributed by atoms with E-state index in [0.29, 0.717) is 12.2 Å². The monoisotopic (exact) mass is 370 g/mol. The Morgan fingerprint density at radius 3 is 2.65 bits per heavy atom. The molecule has 3 aromatic rings. The van der Waals surface area contributed by atoms with Crippen molar-refractivity contribution in [3.8, 4) is 5.75 Å². The van der Waals surface area contributed by atoms with Gasteiger partial charge in [0.25, 0.3) is 0 Å². The van der Waals surface area contributed by atoms with Crippen LogP contribution in [0.4, 0.5) is 0 Å². The lowest BCUT2D eigenvalue weighted by Gasteiger charge is -2.23. The van der Waals surface area contributed by atoms with Crippen molar-refractivity contribution in [1.29, 1.82) is 0 Å². The molecule has 5 nitrogen and oxygen atoms in total. The van der Waals surface area contributed by atoms with Crippen LogP contribution in [0.1, 0.15) is 23.2 Å². The lowest BCUT2D eigenvalue weighted by molar-refractivity contribution is 0.414. The third-order valence-corrected chi connectivity index (χ3v) is 6.57. The van der Waals surface area contributed by atoms with Crippen molar-refractivity contribution in [3.05, 3.63) is 59.3 Å². The number of rotatable bonds is 4. The number of sulfonamides is 1. The third-order valence-electron chi connectivity index (χ3n) is 5.03. The summed E-state index contributed by atoms with van der Waals surface area (Å²) in [6.45, 7) is 2.07. The standard InChI is InChI=1S/C20H22N2O3S/c1-13-3-9-19-17(11-13)18-12-14(4-10-20(18)21-19)22-26(23,24)16-7-5-15(25-2)6-8-16/h3,5-9,11,14,21-22H,4,10,12H2,1-2H3. The normalized spacial score (nSPS) is 17.2. The fourth-order valence-electron chi connectivity index (χ4n) is 3.67. The van der Waals surface area contributed by atoms with Gasteiger partial charge in [0.05, 0.1) is 12.0 Å². The summed E-state index contributed by atoms with van der Waals surface area (Å²) in [6, 6.07) is 12.7. The van der Waals surface area contributed by atoms with Gasteiger partial charge in [-0.1, -0.05) is 11.6 Å². The number of ether oxygens (including phenoxy) is 1. The van der Waals surface area contributed by atoms with Crippen LogP contribution in [0.15, 0.2) is 47.4 Å². The predicted octanol–water partition coefficient (Wildman–Crippen LogP) is 3.32. The number of methoxy groups -OCH3 is 1. The highest BCUT2D eigenvalue weighted by Gasteiger charge is 2.26. The second-order valence-electron chi connectivity index (χ2n) is 6.87. The lowest BCUT2D eigenvalue weighted by Crippen LogP contribution is -2.38. The molecule has 136 valence electrons. The largest absolute Gasteiger partial charge is 0.497 e. The molecule has 0 bridgehead atoms. The molecule has 0 saturated heterocycles. The Morgan fingerprint density at radius 1 is 1.15 bits per heavy atom. The molecule has 1 aliphatic carbocycles. The zero-order chi connectivity index (χ0) is 18.3. The Balaban J connectivity index is 1.58. The first-order valence-corrected chi connectivity index (χ1v) is 10.2.